The van der Waals surface area contributed by atoms with Gasteiger partial charge in [-0.2, -0.15) is 5.26 Å². The fraction of sp³-hybridized carbons (Fsp3) is 0.417. The standard InChI is InChI=1S/C12H15N3O3/c1-18-8-10(16)4-5-14-12(17)11-3-2-9(6-13)7-15-11/h2-3,7,10,16H,4-5,8H2,1H3,(H,14,17). The highest BCUT2D eigenvalue weighted by Crippen LogP contribution is 1.99. The molecular weight excluding hydrogens is 234 g/mol. The number of hydrogen-bond acceptors (Lipinski definition) is 5. The maximum atomic E-state index is 11.6. The van der Waals surface area contributed by atoms with Crippen molar-refractivity contribution in [1.29, 1.82) is 5.26 Å². The van der Waals surface area contributed by atoms with Crippen molar-refractivity contribution in [2.45, 2.75) is 12.5 Å². The van der Waals surface area contributed by atoms with E-state index in [0.29, 0.717) is 18.5 Å². The Balaban J connectivity index is 2.38. The number of aliphatic hydroxyl groups excluding tert-OH is 1. The second-order valence-electron chi connectivity index (χ2n) is 3.70. The summed E-state index contributed by atoms with van der Waals surface area (Å²) in [6, 6.07) is 4.94. The van der Waals surface area contributed by atoms with E-state index in [4.69, 9.17) is 10.00 Å². The van der Waals surface area contributed by atoms with Gasteiger partial charge >= 0.3 is 0 Å². The normalized spacial score (nSPS) is 11.6. The maximum Gasteiger partial charge on any atom is 0.269 e. The minimum atomic E-state index is -0.593. The third-order valence-electron chi connectivity index (χ3n) is 2.25. The first-order chi connectivity index (χ1) is 8.67. The molecule has 1 unspecified atom stereocenters. The average molecular weight is 249 g/mol. The van der Waals surface area contributed by atoms with E-state index in [-0.39, 0.29) is 18.2 Å². The number of aromatic nitrogens is 1. The smallest absolute Gasteiger partial charge is 0.269 e. The van der Waals surface area contributed by atoms with Crippen molar-refractivity contribution >= 4 is 5.91 Å². The summed E-state index contributed by atoms with van der Waals surface area (Å²) in [5.41, 5.74) is 0.650. The quantitative estimate of drug-likeness (QED) is 0.744. The van der Waals surface area contributed by atoms with Crippen LogP contribution in [0.15, 0.2) is 18.3 Å². The van der Waals surface area contributed by atoms with Gasteiger partial charge in [0.05, 0.1) is 18.3 Å². The Hall–Kier alpha value is -1.97. The number of hydrogen-bond donors (Lipinski definition) is 2. The van der Waals surface area contributed by atoms with Crippen LogP contribution in [0.4, 0.5) is 0 Å². The Labute approximate surface area is 105 Å². The van der Waals surface area contributed by atoms with Crippen molar-refractivity contribution in [3.05, 3.63) is 29.6 Å². The molecule has 1 heterocycles. The zero-order chi connectivity index (χ0) is 13.4. The maximum absolute atomic E-state index is 11.6. The molecule has 1 atom stereocenters. The van der Waals surface area contributed by atoms with Gasteiger partial charge in [-0.25, -0.2) is 4.98 Å². The highest BCUT2D eigenvalue weighted by Gasteiger charge is 2.08. The number of pyridine rings is 1. The highest BCUT2D eigenvalue weighted by molar-refractivity contribution is 5.92. The molecule has 18 heavy (non-hydrogen) atoms. The van der Waals surface area contributed by atoms with Gasteiger partial charge in [0, 0.05) is 19.9 Å². The number of nitrogens with zero attached hydrogens (tertiary/aromatic N) is 2. The second-order valence-corrected chi connectivity index (χ2v) is 3.70. The summed E-state index contributed by atoms with van der Waals surface area (Å²) in [5.74, 6) is -0.330. The largest absolute Gasteiger partial charge is 0.391 e. The number of aliphatic hydroxyl groups is 1. The van der Waals surface area contributed by atoms with Crippen LogP contribution in [-0.2, 0) is 4.74 Å². The molecule has 0 aliphatic carbocycles. The predicted octanol–water partition coefficient (Wildman–Crippen LogP) is 0.0805. The summed E-state index contributed by atoms with van der Waals surface area (Å²) in [5, 5.41) is 20.6. The Bertz CT molecular complexity index is 425. The van der Waals surface area contributed by atoms with Crippen LogP contribution in [0.1, 0.15) is 22.5 Å². The molecule has 0 spiro atoms. The van der Waals surface area contributed by atoms with Gasteiger partial charge in [-0.05, 0) is 18.6 Å². The number of carbonyl (C=O) groups excluding carboxylic acids is 1. The summed E-state index contributed by atoms with van der Waals surface area (Å²) in [6.45, 7) is 0.579. The Kier molecular flexibility index (Phi) is 5.77. The summed E-state index contributed by atoms with van der Waals surface area (Å²) in [7, 11) is 1.50. The first-order valence-corrected chi connectivity index (χ1v) is 5.48. The third kappa shape index (κ3) is 4.49. The summed E-state index contributed by atoms with van der Waals surface area (Å²) in [6.07, 6.45) is 1.16. The topological polar surface area (TPSA) is 95.2 Å². The van der Waals surface area contributed by atoms with Gasteiger partial charge in [0.1, 0.15) is 11.8 Å². The highest BCUT2D eigenvalue weighted by atomic mass is 16.5. The van der Waals surface area contributed by atoms with E-state index in [2.05, 4.69) is 10.3 Å². The van der Waals surface area contributed by atoms with Crippen LogP contribution in [-0.4, -0.2) is 42.4 Å². The predicted molar refractivity (Wildman–Crippen MR) is 63.8 cm³/mol. The first-order valence-electron chi connectivity index (χ1n) is 5.48. The molecule has 6 heteroatoms. The van der Waals surface area contributed by atoms with Crippen molar-refractivity contribution in [3.63, 3.8) is 0 Å². The van der Waals surface area contributed by atoms with Gasteiger partial charge in [-0.15, -0.1) is 0 Å². The van der Waals surface area contributed by atoms with Crippen LogP contribution in [0, 0.1) is 11.3 Å². The summed E-state index contributed by atoms with van der Waals surface area (Å²) in [4.78, 5) is 15.5. The van der Waals surface area contributed by atoms with E-state index >= 15 is 0 Å². The zero-order valence-electron chi connectivity index (χ0n) is 10.1. The van der Waals surface area contributed by atoms with E-state index in [1.165, 1.54) is 25.4 Å². The molecule has 1 aromatic rings. The second kappa shape index (κ2) is 7.37. The molecule has 1 aromatic heterocycles. The van der Waals surface area contributed by atoms with Crippen LogP contribution >= 0.6 is 0 Å². The van der Waals surface area contributed by atoms with Gasteiger partial charge in [-0.3, -0.25) is 4.79 Å². The molecule has 96 valence electrons. The van der Waals surface area contributed by atoms with Crippen LogP contribution in [0.2, 0.25) is 0 Å². The van der Waals surface area contributed by atoms with E-state index in [1.807, 2.05) is 6.07 Å². The molecule has 0 radical (unpaired) electrons. The summed E-state index contributed by atoms with van der Waals surface area (Å²) < 4.78 is 4.77. The van der Waals surface area contributed by atoms with Crippen molar-refractivity contribution in [1.82, 2.24) is 10.3 Å². The molecule has 0 saturated heterocycles. The number of ether oxygens (including phenoxy) is 1. The molecule has 0 aliphatic heterocycles. The number of carbonyl (C=O) groups is 1. The fourth-order valence-corrected chi connectivity index (χ4v) is 1.31. The van der Waals surface area contributed by atoms with Crippen LogP contribution in [0.25, 0.3) is 0 Å². The number of amides is 1. The molecule has 0 aliphatic rings. The summed E-state index contributed by atoms with van der Waals surface area (Å²) >= 11 is 0. The lowest BCUT2D eigenvalue weighted by molar-refractivity contribution is 0.0587. The lowest BCUT2D eigenvalue weighted by Crippen LogP contribution is -2.29. The minimum Gasteiger partial charge on any atom is -0.391 e. The van der Waals surface area contributed by atoms with Crippen LogP contribution < -0.4 is 5.32 Å². The lowest BCUT2D eigenvalue weighted by atomic mass is 10.2. The third-order valence-corrected chi connectivity index (χ3v) is 2.25. The number of nitrogens with one attached hydrogen (secondary N) is 1. The Morgan fingerprint density at radius 1 is 1.67 bits per heavy atom. The Morgan fingerprint density at radius 3 is 3.00 bits per heavy atom. The van der Waals surface area contributed by atoms with Crippen molar-refractivity contribution in [2.24, 2.45) is 0 Å². The molecule has 0 aromatic carbocycles. The lowest BCUT2D eigenvalue weighted by Gasteiger charge is -2.09. The van der Waals surface area contributed by atoms with Gasteiger partial charge < -0.3 is 15.2 Å². The van der Waals surface area contributed by atoms with Crippen molar-refractivity contribution < 1.29 is 14.6 Å². The molecule has 1 amide bonds. The van der Waals surface area contributed by atoms with E-state index in [1.54, 1.807) is 0 Å². The first kappa shape index (κ1) is 14.1. The average Bonchev–Trinajstić information content (AvgIpc) is 2.39. The zero-order valence-corrected chi connectivity index (χ0v) is 10.1. The molecule has 6 nitrogen and oxygen atoms in total. The van der Waals surface area contributed by atoms with Gasteiger partial charge in [0.2, 0.25) is 0 Å². The minimum absolute atomic E-state index is 0.241. The molecule has 2 N–H and O–H groups in total. The van der Waals surface area contributed by atoms with Gasteiger partial charge in [-0.1, -0.05) is 0 Å². The molecule has 0 fully saturated rings. The number of nitriles is 1. The molecule has 0 saturated carbocycles. The van der Waals surface area contributed by atoms with Crippen LogP contribution in [0.3, 0.4) is 0 Å². The molecule has 0 bridgehead atoms. The molecular formula is C12H15N3O3. The number of methoxy groups -OCH3 is 1. The van der Waals surface area contributed by atoms with Crippen molar-refractivity contribution in [3.8, 4) is 6.07 Å². The van der Waals surface area contributed by atoms with Gasteiger partial charge in [0.25, 0.3) is 5.91 Å². The fourth-order valence-electron chi connectivity index (χ4n) is 1.31. The number of rotatable bonds is 6. The van der Waals surface area contributed by atoms with Crippen molar-refractivity contribution in [2.75, 3.05) is 20.3 Å². The molecule has 1 rings (SSSR count). The van der Waals surface area contributed by atoms with E-state index in [0.717, 1.165) is 0 Å². The van der Waals surface area contributed by atoms with Gasteiger partial charge in [0.15, 0.2) is 0 Å². The van der Waals surface area contributed by atoms with E-state index < -0.39 is 6.10 Å². The monoisotopic (exact) mass is 249 g/mol. The Morgan fingerprint density at radius 2 is 2.44 bits per heavy atom. The van der Waals surface area contributed by atoms with Crippen LogP contribution in [0.5, 0.6) is 0 Å². The SMILES string of the molecule is COCC(O)CCNC(=O)c1ccc(C#N)cn1. The van der Waals surface area contributed by atoms with E-state index in [9.17, 15) is 9.90 Å².